The van der Waals surface area contributed by atoms with E-state index in [1.807, 2.05) is 95.7 Å². The van der Waals surface area contributed by atoms with Gasteiger partial charge in [0.15, 0.2) is 4.80 Å². The highest BCUT2D eigenvalue weighted by atomic mass is 32.1. The maximum absolute atomic E-state index is 14.3. The van der Waals surface area contributed by atoms with Crippen LogP contribution >= 0.6 is 11.3 Å². The summed E-state index contributed by atoms with van der Waals surface area (Å²) in [7, 11) is 0. The zero-order valence-electron chi connectivity index (χ0n) is 24.2. The molecular formula is C35H30N4O3S. The molecule has 0 unspecified atom stereocenters. The molecule has 0 spiro atoms. The molecule has 7 nitrogen and oxygen atoms in total. The highest BCUT2D eigenvalue weighted by Crippen LogP contribution is 2.35. The number of ether oxygens (including phenoxy) is 1. The van der Waals surface area contributed by atoms with Crippen molar-refractivity contribution in [2.75, 3.05) is 6.61 Å². The Morgan fingerprint density at radius 1 is 1.07 bits per heavy atom. The lowest BCUT2D eigenvalue weighted by Gasteiger charge is -2.26. The van der Waals surface area contributed by atoms with Crippen LogP contribution < -0.4 is 14.9 Å². The predicted molar refractivity (Wildman–Crippen MR) is 169 cm³/mol. The van der Waals surface area contributed by atoms with Crippen molar-refractivity contribution >= 4 is 40.0 Å². The highest BCUT2D eigenvalue weighted by Gasteiger charge is 2.35. The fourth-order valence-electron chi connectivity index (χ4n) is 5.56. The molecule has 1 atom stereocenters. The van der Waals surface area contributed by atoms with Crippen molar-refractivity contribution in [3.63, 3.8) is 0 Å². The maximum atomic E-state index is 14.3. The second kappa shape index (κ2) is 11.7. The lowest BCUT2D eigenvalue weighted by molar-refractivity contribution is -0.138. The summed E-state index contributed by atoms with van der Waals surface area (Å²) < 4.78 is 9.56. The third-order valence-electron chi connectivity index (χ3n) is 7.64. The Hall–Kier alpha value is -5.00. The molecule has 0 saturated carbocycles. The van der Waals surface area contributed by atoms with E-state index in [4.69, 9.17) is 9.73 Å². The van der Waals surface area contributed by atoms with Crippen LogP contribution in [0.4, 0.5) is 0 Å². The number of hydrogen-bond donors (Lipinski definition) is 0. The summed E-state index contributed by atoms with van der Waals surface area (Å²) in [5, 5.41) is 10.3. The molecule has 8 heteroatoms. The standard InChI is InChI=1S/C35H30N4O3S/c1-4-42-34(41)30-31(24-10-6-5-7-11-24)37-35-39(32(30)25-16-14-23(15-17-25)22(2)3)33(40)29(43-35)20-26-21-38(19-18-36)28-13-9-8-12-27(26)28/h5-17,20-22,32H,4,19H2,1-3H3/b29-20-/t32-/m0/s1. The van der Waals surface area contributed by atoms with Crippen molar-refractivity contribution < 1.29 is 9.53 Å². The average molecular weight is 587 g/mol. The SMILES string of the molecule is CCOC(=O)C1=C(c2ccccc2)N=c2s/c(=C\c3cn(CC#N)c4ccccc34)c(=O)n2[C@H]1c1ccc(C(C)C)cc1. The van der Waals surface area contributed by atoms with E-state index in [1.165, 1.54) is 11.3 Å². The normalized spacial score (nSPS) is 15.0. The van der Waals surface area contributed by atoms with E-state index >= 15 is 0 Å². The molecule has 0 amide bonds. The zero-order valence-corrected chi connectivity index (χ0v) is 25.0. The van der Waals surface area contributed by atoms with E-state index in [9.17, 15) is 14.9 Å². The minimum atomic E-state index is -0.728. The van der Waals surface area contributed by atoms with Gasteiger partial charge in [0.2, 0.25) is 0 Å². The summed E-state index contributed by atoms with van der Waals surface area (Å²) in [4.78, 5) is 33.4. The first-order chi connectivity index (χ1) is 20.9. The van der Waals surface area contributed by atoms with Crippen molar-refractivity contribution in [3.05, 3.63) is 133 Å². The molecule has 214 valence electrons. The summed E-state index contributed by atoms with van der Waals surface area (Å²) >= 11 is 1.29. The monoisotopic (exact) mass is 586 g/mol. The summed E-state index contributed by atoms with van der Waals surface area (Å²) in [6, 6.07) is 26.9. The summed E-state index contributed by atoms with van der Waals surface area (Å²) in [5.74, 6) is -0.170. The summed E-state index contributed by atoms with van der Waals surface area (Å²) in [6.07, 6.45) is 3.75. The van der Waals surface area contributed by atoms with Gasteiger partial charge in [-0.2, -0.15) is 5.26 Å². The number of esters is 1. The first kappa shape index (κ1) is 28.1. The van der Waals surface area contributed by atoms with E-state index in [-0.39, 0.29) is 18.7 Å². The molecule has 0 radical (unpaired) electrons. The predicted octanol–water partition coefficient (Wildman–Crippen LogP) is 5.54. The van der Waals surface area contributed by atoms with Gasteiger partial charge in [-0.15, -0.1) is 0 Å². The number of carbonyl (C=O) groups excluding carboxylic acids is 1. The molecule has 0 saturated heterocycles. The number of thiazole rings is 1. The number of fused-ring (bicyclic) bond motifs is 2. The summed E-state index contributed by atoms with van der Waals surface area (Å²) in [6.45, 7) is 6.42. The van der Waals surface area contributed by atoms with Gasteiger partial charge in [0.25, 0.3) is 5.56 Å². The number of hydrogen-bond acceptors (Lipinski definition) is 6. The van der Waals surface area contributed by atoms with Crippen molar-refractivity contribution in [2.45, 2.75) is 39.3 Å². The zero-order chi connectivity index (χ0) is 30.1. The molecule has 3 aromatic carbocycles. The number of nitrogens with zero attached hydrogens (tertiary/aromatic N) is 4. The van der Waals surface area contributed by atoms with Crippen LogP contribution in [0, 0.1) is 11.3 Å². The van der Waals surface area contributed by atoms with Crippen LogP contribution in [0.15, 0.2) is 100 Å². The summed E-state index contributed by atoms with van der Waals surface area (Å²) in [5.41, 5.74) is 5.07. The number of rotatable bonds is 7. The van der Waals surface area contributed by atoms with Crippen molar-refractivity contribution in [1.29, 1.82) is 5.26 Å². The Labute approximate surface area is 252 Å². The van der Waals surface area contributed by atoms with Gasteiger partial charge in [-0.1, -0.05) is 98.0 Å². The average Bonchev–Trinajstić information content (AvgIpc) is 3.53. The molecule has 0 aliphatic carbocycles. The van der Waals surface area contributed by atoms with Gasteiger partial charge in [-0.3, -0.25) is 9.36 Å². The number of carbonyl (C=O) groups is 1. The second-order valence-corrected chi connectivity index (χ2v) is 11.6. The van der Waals surface area contributed by atoms with E-state index in [0.717, 1.165) is 33.2 Å². The minimum Gasteiger partial charge on any atom is -0.463 e. The van der Waals surface area contributed by atoms with Gasteiger partial charge in [0.05, 0.1) is 34.5 Å². The molecule has 0 N–H and O–H groups in total. The van der Waals surface area contributed by atoms with Gasteiger partial charge in [0.1, 0.15) is 6.54 Å². The van der Waals surface area contributed by atoms with E-state index < -0.39 is 12.0 Å². The van der Waals surface area contributed by atoms with E-state index in [2.05, 4.69) is 19.9 Å². The third-order valence-corrected chi connectivity index (χ3v) is 8.62. The van der Waals surface area contributed by atoms with Gasteiger partial charge in [-0.05, 0) is 36.1 Å². The maximum Gasteiger partial charge on any atom is 0.338 e. The number of para-hydroxylation sites is 1. The van der Waals surface area contributed by atoms with Crippen molar-refractivity contribution in [1.82, 2.24) is 9.13 Å². The quantitative estimate of drug-likeness (QED) is 0.234. The highest BCUT2D eigenvalue weighted by molar-refractivity contribution is 7.07. The Morgan fingerprint density at radius 2 is 1.79 bits per heavy atom. The molecular weight excluding hydrogens is 556 g/mol. The van der Waals surface area contributed by atoms with Gasteiger partial charge in [-0.25, -0.2) is 9.79 Å². The molecule has 0 bridgehead atoms. The fourth-order valence-corrected chi connectivity index (χ4v) is 6.55. The number of aromatic nitrogens is 2. The molecule has 6 rings (SSSR count). The molecule has 5 aromatic rings. The molecule has 3 heterocycles. The number of benzene rings is 3. The third kappa shape index (κ3) is 5.13. The second-order valence-electron chi connectivity index (χ2n) is 10.6. The van der Waals surface area contributed by atoms with Crippen LogP contribution in [0.2, 0.25) is 0 Å². The van der Waals surface area contributed by atoms with Gasteiger partial charge in [0, 0.05) is 28.2 Å². The Balaban J connectivity index is 1.64. The molecule has 1 aliphatic rings. The smallest absolute Gasteiger partial charge is 0.338 e. The van der Waals surface area contributed by atoms with Crippen LogP contribution in [0.1, 0.15) is 55.0 Å². The van der Waals surface area contributed by atoms with Crippen LogP contribution in [-0.4, -0.2) is 21.7 Å². The topological polar surface area (TPSA) is 89.4 Å². The molecule has 43 heavy (non-hydrogen) atoms. The number of nitriles is 1. The van der Waals surface area contributed by atoms with Crippen LogP contribution in [0.25, 0.3) is 22.7 Å². The molecule has 1 aliphatic heterocycles. The first-order valence-corrected chi connectivity index (χ1v) is 15.1. The van der Waals surface area contributed by atoms with Gasteiger partial charge < -0.3 is 9.30 Å². The Bertz CT molecular complexity index is 2090. The minimum absolute atomic E-state index is 0.195. The van der Waals surface area contributed by atoms with Crippen molar-refractivity contribution in [3.8, 4) is 6.07 Å². The van der Waals surface area contributed by atoms with Crippen molar-refractivity contribution in [2.24, 2.45) is 4.99 Å². The Morgan fingerprint density at radius 3 is 2.49 bits per heavy atom. The molecule has 0 fully saturated rings. The Kier molecular flexibility index (Phi) is 7.66. The fraction of sp³-hybridized carbons (Fsp3) is 0.200. The van der Waals surface area contributed by atoms with E-state index in [0.29, 0.717) is 26.5 Å². The molecule has 2 aromatic heterocycles. The lowest BCUT2D eigenvalue weighted by atomic mass is 9.91. The first-order valence-electron chi connectivity index (χ1n) is 14.2. The van der Waals surface area contributed by atoms with Crippen LogP contribution in [-0.2, 0) is 16.1 Å². The van der Waals surface area contributed by atoms with Gasteiger partial charge >= 0.3 is 5.97 Å². The largest absolute Gasteiger partial charge is 0.463 e. The lowest BCUT2D eigenvalue weighted by Crippen LogP contribution is -2.40. The van der Waals surface area contributed by atoms with E-state index in [1.54, 1.807) is 11.5 Å². The van der Waals surface area contributed by atoms with Crippen LogP contribution in [0.5, 0.6) is 0 Å². The van der Waals surface area contributed by atoms with Crippen LogP contribution in [0.3, 0.4) is 0 Å².